The average Bonchev–Trinajstić information content (AvgIpc) is 2.40. The van der Waals surface area contributed by atoms with Crippen LogP contribution in [0.3, 0.4) is 0 Å². The van der Waals surface area contributed by atoms with Crippen molar-refractivity contribution in [3.63, 3.8) is 0 Å². The second-order valence-corrected chi connectivity index (χ2v) is 4.06. The first-order valence-corrected chi connectivity index (χ1v) is 5.50. The Labute approximate surface area is 120 Å². The Morgan fingerprint density at radius 2 is 1.80 bits per heavy atom. The number of hydrogen-bond acceptors (Lipinski definition) is 4. The first-order valence-electron chi connectivity index (χ1n) is 5.50. The molecule has 0 radical (unpaired) electrons. The first-order chi connectivity index (χ1) is 8.96. The third-order valence-corrected chi connectivity index (χ3v) is 2.79. The van der Waals surface area contributed by atoms with Gasteiger partial charge in [-0.2, -0.15) is 0 Å². The molecule has 1 atom stereocenters. The number of halogens is 3. The lowest BCUT2D eigenvalue weighted by molar-refractivity contribution is -0.104. The van der Waals surface area contributed by atoms with E-state index in [1.165, 1.54) is 26.4 Å². The van der Waals surface area contributed by atoms with Gasteiger partial charge in [0.15, 0.2) is 6.61 Å². The molecule has 1 heterocycles. The van der Waals surface area contributed by atoms with Crippen molar-refractivity contribution in [1.29, 1.82) is 0 Å². The monoisotopic (exact) mass is 309 g/mol. The summed E-state index contributed by atoms with van der Waals surface area (Å²) in [5, 5.41) is 2.10. The SMILES string of the molecule is COc1cc(OC)cc([C@@H]2NC(=O)OCC2(F)F)c1.Cl. The van der Waals surface area contributed by atoms with Crippen LogP contribution >= 0.6 is 12.4 Å². The number of ether oxygens (including phenoxy) is 3. The highest BCUT2D eigenvalue weighted by molar-refractivity contribution is 5.85. The molecule has 0 aliphatic carbocycles. The number of cyclic esters (lactones) is 1. The summed E-state index contributed by atoms with van der Waals surface area (Å²) in [6.07, 6.45) is -0.877. The lowest BCUT2D eigenvalue weighted by Gasteiger charge is -2.32. The summed E-state index contributed by atoms with van der Waals surface area (Å²) in [4.78, 5) is 11.1. The summed E-state index contributed by atoms with van der Waals surface area (Å²) in [7, 11) is 2.83. The summed E-state index contributed by atoms with van der Waals surface area (Å²) in [5.41, 5.74) is 0.192. The largest absolute Gasteiger partial charge is 0.497 e. The second kappa shape index (κ2) is 6.13. The Balaban J connectivity index is 0.00000200. The Hall–Kier alpha value is -1.76. The molecule has 112 valence electrons. The van der Waals surface area contributed by atoms with Crippen LogP contribution in [0.15, 0.2) is 18.2 Å². The highest BCUT2D eigenvalue weighted by Gasteiger charge is 2.47. The Morgan fingerprint density at radius 1 is 1.25 bits per heavy atom. The number of nitrogens with one attached hydrogen (secondary N) is 1. The zero-order chi connectivity index (χ0) is 14.0. The van der Waals surface area contributed by atoms with Crippen molar-refractivity contribution in [2.45, 2.75) is 12.0 Å². The van der Waals surface area contributed by atoms with Crippen molar-refractivity contribution >= 4 is 18.5 Å². The summed E-state index contributed by atoms with van der Waals surface area (Å²) in [6, 6.07) is 2.93. The van der Waals surface area contributed by atoms with E-state index >= 15 is 0 Å². The molecule has 1 N–H and O–H groups in total. The molecule has 2 rings (SSSR count). The van der Waals surface area contributed by atoms with Crippen molar-refractivity contribution in [2.24, 2.45) is 0 Å². The zero-order valence-electron chi connectivity index (χ0n) is 10.8. The van der Waals surface area contributed by atoms with Crippen LogP contribution in [0.25, 0.3) is 0 Å². The maximum atomic E-state index is 13.8. The van der Waals surface area contributed by atoms with Crippen molar-refractivity contribution in [1.82, 2.24) is 5.32 Å². The third-order valence-electron chi connectivity index (χ3n) is 2.79. The van der Waals surface area contributed by atoms with Gasteiger partial charge in [0, 0.05) is 6.07 Å². The third kappa shape index (κ3) is 3.22. The van der Waals surface area contributed by atoms with Gasteiger partial charge in [-0.15, -0.1) is 12.4 Å². The molecule has 1 saturated heterocycles. The van der Waals surface area contributed by atoms with Gasteiger partial charge in [-0.3, -0.25) is 0 Å². The number of rotatable bonds is 3. The van der Waals surface area contributed by atoms with Crippen LogP contribution in [0.2, 0.25) is 0 Å². The molecule has 0 aromatic heterocycles. The predicted molar refractivity (Wildman–Crippen MR) is 69.0 cm³/mol. The summed E-state index contributed by atoms with van der Waals surface area (Å²) in [6.45, 7) is -0.955. The first kappa shape index (κ1) is 16.3. The molecule has 5 nitrogen and oxygen atoms in total. The second-order valence-electron chi connectivity index (χ2n) is 4.06. The molecular weight excluding hydrogens is 296 g/mol. The molecule has 0 saturated carbocycles. The topological polar surface area (TPSA) is 56.8 Å². The van der Waals surface area contributed by atoms with Gasteiger partial charge in [-0.05, 0) is 17.7 Å². The number of carbonyl (C=O) groups excluding carboxylic acids is 1. The number of carbonyl (C=O) groups is 1. The molecule has 0 bridgehead atoms. The van der Waals surface area contributed by atoms with Crippen LogP contribution in [0, 0.1) is 0 Å². The molecule has 20 heavy (non-hydrogen) atoms. The number of benzene rings is 1. The maximum absolute atomic E-state index is 13.8. The molecule has 0 spiro atoms. The summed E-state index contributed by atoms with van der Waals surface area (Å²) in [5.74, 6) is -2.47. The van der Waals surface area contributed by atoms with E-state index in [0.717, 1.165) is 0 Å². The van der Waals surface area contributed by atoms with E-state index in [-0.39, 0.29) is 18.0 Å². The van der Waals surface area contributed by atoms with Gasteiger partial charge >= 0.3 is 12.0 Å². The standard InChI is InChI=1S/C12H13F2NO4.ClH/c1-17-8-3-7(4-9(5-8)18-2)10-12(13,14)6-19-11(16)15-10;/h3-5,10H,6H2,1-2H3,(H,15,16);1H/t10-;/m0./s1. The molecular formula is C12H14ClF2NO4. The molecule has 0 unspecified atom stereocenters. The van der Waals surface area contributed by atoms with Crippen LogP contribution in [0.5, 0.6) is 11.5 Å². The van der Waals surface area contributed by atoms with Gasteiger partial charge in [-0.25, -0.2) is 13.6 Å². The number of alkyl halides is 2. The van der Waals surface area contributed by atoms with E-state index in [0.29, 0.717) is 11.5 Å². The fourth-order valence-electron chi connectivity index (χ4n) is 1.83. The van der Waals surface area contributed by atoms with Gasteiger partial charge in [0.2, 0.25) is 0 Å². The van der Waals surface area contributed by atoms with E-state index in [4.69, 9.17) is 9.47 Å². The number of amides is 1. The highest BCUT2D eigenvalue weighted by atomic mass is 35.5. The van der Waals surface area contributed by atoms with Crippen molar-refractivity contribution in [2.75, 3.05) is 20.8 Å². The lowest BCUT2D eigenvalue weighted by Crippen LogP contribution is -2.49. The molecule has 1 aromatic rings. The molecule has 1 amide bonds. The summed E-state index contributed by atoms with van der Waals surface area (Å²) >= 11 is 0. The van der Waals surface area contributed by atoms with Gasteiger partial charge in [0.05, 0.1) is 14.2 Å². The molecule has 8 heteroatoms. The van der Waals surface area contributed by atoms with Gasteiger partial charge in [0.25, 0.3) is 0 Å². The molecule has 1 aromatic carbocycles. The lowest BCUT2D eigenvalue weighted by atomic mass is 9.99. The Bertz CT molecular complexity index is 476. The predicted octanol–water partition coefficient (Wildman–Crippen LogP) is 2.54. The zero-order valence-corrected chi connectivity index (χ0v) is 11.6. The van der Waals surface area contributed by atoms with E-state index in [2.05, 4.69) is 10.1 Å². The number of hydrogen-bond donors (Lipinski definition) is 1. The van der Waals surface area contributed by atoms with E-state index in [9.17, 15) is 13.6 Å². The smallest absolute Gasteiger partial charge is 0.408 e. The van der Waals surface area contributed by atoms with Crippen LogP contribution in [0.1, 0.15) is 11.6 Å². The van der Waals surface area contributed by atoms with Gasteiger partial charge in [0.1, 0.15) is 17.5 Å². The van der Waals surface area contributed by atoms with Gasteiger partial charge in [-0.1, -0.05) is 0 Å². The quantitative estimate of drug-likeness (QED) is 0.932. The van der Waals surface area contributed by atoms with E-state index < -0.39 is 24.7 Å². The minimum absolute atomic E-state index is 0. The van der Waals surface area contributed by atoms with Crippen LogP contribution in [-0.2, 0) is 4.74 Å². The number of alkyl carbamates (subject to hydrolysis) is 1. The summed E-state index contributed by atoms with van der Waals surface area (Å²) < 4.78 is 41.9. The number of methoxy groups -OCH3 is 2. The Morgan fingerprint density at radius 3 is 2.30 bits per heavy atom. The van der Waals surface area contributed by atoms with Crippen molar-refractivity contribution in [3.8, 4) is 11.5 Å². The molecule has 1 aliphatic rings. The fourth-order valence-corrected chi connectivity index (χ4v) is 1.83. The van der Waals surface area contributed by atoms with Crippen LogP contribution < -0.4 is 14.8 Å². The minimum atomic E-state index is -3.20. The van der Waals surface area contributed by atoms with Crippen molar-refractivity contribution < 1.29 is 27.8 Å². The normalized spacial score (nSPS) is 20.2. The van der Waals surface area contributed by atoms with Crippen LogP contribution in [-0.4, -0.2) is 32.8 Å². The molecule has 1 fully saturated rings. The molecule has 1 aliphatic heterocycles. The average molecular weight is 310 g/mol. The maximum Gasteiger partial charge on any atom is 0.408 e. The van der Waals surface area contributed by atoms with Gasteiger partial charge < -0.3 is 19.5 Å². The van der Waals surface area contributed by atoms with E-state index in [1.54, 1.807) is 6.07 Å². The highest BCUT2D eigenvalue weighted by Crippen LogP contribution is 2.37. The fraction of sp³-hybridized carbons (Fsp3) is 0.417. The minimum Gasteiger partial charge on any atom is -0.497 e. The van der Waals surface area contributed by atoms with E-state index in [1.807, 2.05) is 0 Å². The van der Waals surface area contributed by atoms with Crippen LogP contribution in [0.4, 0.5) is 13.6 Å². The van der Waals surface area contributed by atoms with Crippen molar-refractivity contribution in [3.05, 3.63) is 23.8 Å². The Kier molecular flexibility index (Phi) is 4.99.